The minimum absolute atomic E-state index is 0.0229. The molecule has 2 N–H and O–H groups in total. The molecule has 1 heterocycles. The number of hydrogen-bond donors (Lipinski definition) is 2. The molecule has 26 heavy (non-hydrogen) atoms. The quantitative estimate of drug-likeness (QED) is 0.623. The van der Waals surface area contributed by atoms with E-state index in [1.165, 1.54) is 0 Å². The predicted octanol–water partition coefficient (Wildman–Crippen LogP) is 1.93. The number of carbonyl (C=O) groups is 1. The molecule has 6 nitrogen and oxygen atoms in total. The van der Waals surface area contributed by atoms with Crippen LogP contribution in [0.15, 0.2) is 29.3 Å². The fourth-order valence-electron chi connectivity index (χ4n) is 3.16. The molecule has 1 aromatic carbocycles. The molecule has 1 aliphatic heterocycles. The van der Waals surface area contributed by atoms with Gasteiger partial charge in [0, 0.05) is 58.4 Å². The first-order valence-electron chi connectivity index (χ1n) is 9.42. The Hall–Kier alpha value is -2.08. The molecule has 1 aliphatic rings. The van der Waals surface area contributed by atoms with Gasteiger partial charge in [-0.05, 0) is 44.4 Å². The van der Waals surface area contributed by atoms with E-state index in [2.05, 4.69) is 34.4 Å². The Balaban J connectivity index is 1.81. The number of amides is 1. The van der Waals surface area contributed by atoms with E-state index in [0.29, 0.717) is 24.2 Å². The minimum Gasteiger partial charge on any atom is -0.354 e. The number of carbonyl (C=O) groups excluding carboxylic acids is 1. The minimum atomic E-state index is 0.0229. The molecule has 0 aliphatic carbocycles. The maximum absolute atomic E-state index is 11.9. The van der Waals surface area contributed by atoms with Gasteiger partial charge in [0.2, 0.25) is 0 Å². The van der Waals surface area contributed by atoms with Crippen LogP contribution in [0.3, 0.4) is 0 Å². The van der Waals surface area contributed by atoms with E-state index >= 15 is 0 Å². The lowest BCUT2D eigenvalue weighted by Gasteiger charge is -2.35. The third kappa shape index (κ3) is 5.73. The van der Waals surface area contributed by atoms with Crippen molar-refractivity contribution in [3.05, 3.63) is 35.4 Å². The van der Waals surface area contributed by atoms with Gasteiger partial charge in [0.15, 0.2) is 5.96 Å². The summed E-state index contributed by atoms with van der Waals surface area (Å²) in [6.45, 7) is 7.46. The molecule has 1 amide bonds. The van der Waals surface area contributed by atoms with Crippen molar-refractivity contribution in [2.45, 2.75) is 45.3 Å². The number of benzene rings is 1. The van der Waals surface area contributed by atoms with Crippen LogP contribution in [0, 0.1) is 0 Å². The molecule has 0 unspecified atom stereocenters. The summed E-state index contributed by atoms with van der Waals surface area (Å²) in [6, 6.07) is 8.80. The summed E-state index contributed by atoms with van der Waals surface area (Å²) in [7, 11) is 5.33. The van der Waals surface area contributed by atoms with Crippen molar-refractivity contribution < 1.29 is 4.79 Å². The van der Waals surface area contributed by atoms with Gasteiger partial charge < -0.3 is 20.4 Å². The predicted molar refractivity (Wildman–Crippen MR) is 108 cm³/mol. The van der Waals surface area contributed by atoms with Crippen LogP contribution in [0.5, 0.6) is 0 Å². The lowest BCUT2D eigenvalue weighted by atomic mass is 10.0. The summed E-state index contributed by atoms with van der Waals surface area (Å²) >= 11 is 0. The number of hydrogen-bond acceptors (Lipinski definition) is 3. The Labute approximate surface area is 157 Å². The lowest BCUT2D eigenvalue weighted by molar-refractivity contribution is 0.0827. The average molecular weight is 360 g/mol. The molecule has 0 atom stereocenters. The van der Waals surface area contributed by atoms with Crippen molar-refractivity contribution in [3.8, 4) is 0 Å². The van der Waals surface area contributed by atoms with Gasteiger partial charge >= 0.3 is 0 Å². The van der Waals surface area contributed by atoms with Crippen LogP contribution < -0.4 is 10.6 Å². The van der Waals surface area contributed by atoms with E-state index in [-0.39, 0.29) is 5.91 Å². The summed E-state index contributed by atoms with van der Waals surface area (Å²) in [4.78, 5) is 20.4. The van der Waals surface area contributed by atoms with Gasteiger partial charge in [0.05, 0.1) is 0 Å². The Morgan fingerprint density at radius 3 is 2.35 bits per heavy atom. The number of aliphatic imine (C=N–C) groups is 1. The van der Waals surface area contributed by atoms with E-state index in [1.807, 2.05) is 24.3 Å². The number of rotatable bonds is 5. The molecular weight excluding hydrogens is 326 g/mol. The van der Waals surface area contributed by atoms with Crippen LogP contribution in [-0.2, 0) is 6.54 Å². The number of nitrogens with one attached hydrogen (secondary N) is 2. The molecular formula is C20H33N5O. The maximum atomic E-state index is 11.9. The van der Waals surface area contributed by atoms with Crippen molar-refractivity contribution in [2.75, 3.05) is 34.2 Å². The van der Waals surface area contributed by atoms with Gasteiger partial charge in [-0.3, -0.25) is 9.79 Å². The fraction of sp³-hybridized carbons (Fsp3) is 0.600. The molecule has 1 aromatic rings. The van der Waals surface area contributed by atoms with E-state index in [9.17, 15) is 4.79 Å². The maximum Gasteiger partial charge on any atom is 0.253 e. The molecule has 1 fully saturated rings. The summed E-state index contributed by atoms with van der Waals surface area (Å²) in [6.07, 6.45) is 2.28. The highest BCUT2D eigenvalue weighted by Crippen LogP contribution is 2.13. The molecule has 0 radical (unpaired) electrons. The zero-order valence-corrected chi connectivity index (χ0v) is 16.7. The molecule has 2 rings (SSSR count). The third-order valence-electron chi connectivity index (χ3n) is 4.89. The van der Waals surface area contributed by atoms with Crippen LogP contribution in [0.4, 0.5) is 0 Å². The fourth-order valence-corrected chi connectivity index (χ4v) is 3.16. The second-order valence-corrected chi connectivity index (χ2v) is 7.37. The Kier molecular flexibility index (Phi) is 7.45. The topological polar surface area (TPSA) is 60.0 Å². The molecule has 0 saturated carbocycles. The highest BCUT2D eigenvalue weighted by Gasteiger charge is 2.21. The van der Waals surface area contributed by atoms with E-state index in [0.717, 1.165) is 37.5 Å². The lowest BCUT2D eigenvalue weighted by Crippen LogP contribution is -2.49. The summed E-state index contributed by atoms with van der Waals surface area (Å²) < 4.78 is 0. The van der Waals surface area contributed by atoms with Crippen molar-refractivity contribution in [1.29, 1.82) is 0 Å². The summed E-state index contributed by atoms with van der Waals surface area (Å²) in [5, 5.41) is 6.90. The van der Waals surface area contributed by atoms with Gasteiger partial charge in [-0.2, -0.15) is 0 Å². The van der Waals surface area contributed by atoms with Gasteiger partial charge in [-0.1, -0.05) is 12.1 Å². The Bertz CT molecular complexity index is 601. The molecule has 144 valence electrons. The zero-order chi connectivity index (χ0) is 19.1. The molecule has 0 aromatic heterocycles. The van der Waals surface area contributed by atoms with E-state index in [1.54, 1.807) is 26.0 Å². The summed E-state index contributed by atoms with van der Waals surface area (Å²) in [5.74, 6) is 0.858. The smallest absolute Gasteiger partial charge is 0.253 e. The van der Waals surface area contributed by atoms with E-state index in [4.69, 9.17) is 0 Å². The Morgan fingerprint density at radius 2 is 1.85 bits per heavy atom. The average Bonchev–Trinajstić information content (AvgIpc) is 2.65. The van der Waals surface area contributed by atoms with Crippen molar-refractivity contribution in [1.82, 2.24) is 20.4 Å². The largest absolute Gasteiger partial charge is 0.354 e. The van der Waals surface area contributed by atoms with Gasteiger partial charge in [-0.15, -0.1) is 0 Å². The van der Waals surface area contributed by atoms with Crippen LogP contribution in [-0.4, -0.2) is 68.0 Å². The monoisotopic (exact) mass is 359 g/mol. The van der Waals surface area contributed by atoms with E-state index < -0.39 is 0 Å². The third-order valence-corrected chi connectivity index (χ3v) is 4.89. The van der Waals surface area contributed by atoms with Crippen LogP contribution in [0.2, 0.25) is 0 Å². The second kappa shape index (κ2) is 9.57. The van der Waals surface area contributed by atoms with Gasteiger partial charge in [-0.25, -0.2) is 0 Å². The number of nitrogens with zero attached hydrogens (tertiary/aromatic N) is 3. The first-order valence-corrected chi connectivity index (χ1v) is 9.42. The van der Waals surface area contributed by atoms with Crippen LogP contribution >= 0.6 is 0 Å². The van der Waals surface area contributed by atoms with Crippen LogP contribution in [0.25, 0.3) is 0 Å². The first kappa shape index (κ1) is 20.2. The number of guanidine groups is 1. The van der Waals surface area contributed by atoms with Crippen LogP contribution in [0.1, 0.15) is 42.6 Å². The normalized spacial score (nSPS) is 16.6. The molecule has 1 saturated heterocycles. The SMILES string of the molecule is CN=C(NCc1ccc(C(=O)N(C)C)cc1)NC1CCN(C(C)C)CC1. The molecule has 6 heteroatoms. The zero-order valence-electron chi connectivity index (χ0n) is 16.7. The van der Waals surface area contributed by atoms with Crippen molar-refractivity contribution >= 4 is 11.9 Å². The molecule has 0 bridgehead atoms. The Morgan fingerprint density at radius 1 is 1.23 bits per heavy atom. The second-order valence-electron chi connectivity index (χ2n) is 7.37. The highest BCUT2D eigenvalue weighted by atomic mass is 16.2. The highest BCUT2D eigenvalue weighted by molar-refractivity contribution is 5.93. The van der Waals surface area contributed by atoms with Gasteiger partial charge in [0.25, 0.3) is 5.91 Å². The van der Waals surface area contributed by atoms with Gasteiger partial charge in [0.1, 0.15) is 0 Å². The summed E-state index contributed by atoms with van der Waals surface area (Å²) in [5.41, 5.74) is 1.83. The standard InChI is InChI=1S/C20H33N5O/c1-15(2)25-12-10-18(11-13-25)23-20(21-3)22-14-16-6-8-17(9-7-16)19(26)24(4)5/h6-9,15,18H,10-14H2,1-5H3,(H2,21,22,23). The van der Waals surface area contributed by atoms with Crippen molar-refractivity contribution in [3.63, 3.8) is 0 Å². The first-order chi connectivity index (χ1) is 12.4. The van der Waals surface area contributed by atoms with Crippen molar-refractivity contribution in [2.24, 2.45) is 4.99 Å². The number of piperidine rings is 1. The number of likely N-dealkylation sites (tertiary alicyclic amines) is 1. The molecule has 0 spiro atoms.